The third kappa shape index (κ3) is 7.49. The SMILES string of the molecule is CC(C)(C)OC(=O)N(CCC=O)CCCc1ccccc1. The van der Waals surface area contributed by atoms with E-state index < -0.39 is 5.60 Å². The molecule has 0 bridgehead atoms. The molecule has 21 heavy (non-hydrogen) atoms. The van der Waals surface area contributed by atoms with Gasteiger partial charge in [-0.25, -0.2) is 4.79 Å². The molecular weight excluding hydrogens is 266 g/mol. The summed E-state index contributed by atoms with van der Waals surface area (Å²) in [5.74, 6) is 0. The van der Waals surface area contributed by atoms with Crippen LogP contribution in [0.4, 0.5) is 4.79 Å². The highest BCUT2D eigenvalue weighted by Crippen LogP contribution is 2.11. The first-order valence-electron chi connectivity index (χ1n) is 7.38. The van der Waals surface area contributed by atoms with Crippen molar-refractivity contribution in [2.75, 3.05) is 13.1 Å². The van der Waals surface area contributed by atoms with Crippen LogP contribution in [-0.4, -0.2) is 36.0 Å². The van der Waals surface area contributed by atoms with Crippen LogP contribution in [0.3, 0.4) is 0 Å². The van der Waals surface area contributed by atoms with Crippen molar-refractivity contribution < 1.29 is 14.3 Å². The molecule has 4 heteroatoms. The molecule has 1 amide bonds. The maximum atomic E-state index is 12.1. The number of carbonyl (C=O) groups excluding carboxylic acids is 2. The largest absolute Gasteiger partial charge is 0.444 e. The van der Waals surface area contributed by atoms with Crippen molar-refractivity contribution in [3.8, 4) is 0 Å². The smallest absolute Gasteiger partial charge is 0.410 e. The second-order valence-electron chi connectivity index (χ2n) is 6.01. The first-order valence-corrected chi connectivity index (χ1v) is 7.38. The lowest BCUT2D eigenvalue weighted by atomic mass is 10.1. The molecule has 0 aliphatic rings. The Balaban J connectivity index is 2.49. The number of hydrogen-bond acceptors (Lipinski definition) is 3. The summed E-state index contributed by atoms with van der Waals surface area (Å²) in [5, 5.41) is 0. The summed E-state index contributed by atoms with van der Waals surface area (Å²) in [5.41, 5.74) is 0.729. The summed E-state index contributed by atoms with van der Waals surface area (Å²) < 4.78 is 5.37. The quantitative estimate of drug-likeness (QED) is 0.723. The Hall–Kier alpha value is -1.84. The van der Waals surface area contributed by atoms with Crippen molar-refractivity contribution >= 4 is 12.4 Å². The normalized spacial score (nSPS) is 11.0. The van der Waals surface area contributed by atoms with Gasteiger partial charge in [0.25, 0.3) is 0 Å². The highest BCUT2D eigenvalue weighted by atomic mass is 16.6. The van der Waals surface area contributed by atoms with Crippen molar-refractivity contribution in [1.29, 1.82) is 0 Å². The zero-order valence-corrected chi connectivity index (χ0v) is 13.2. The minimum atomic E-state index is -0.518. The van der Waals surface area contributed by atoms with E-state index in [1.165, 1.54) is 5.56 Å². The highest BCUT2D eigenvalue weighted by molar-refractivity contribution is 5.68. The van der Waals surface area contributed by atoms with Gasteiger partial charge in [0.05, 0.1) is 0 Å². The number of nitrogens with zero attached hydrogens (tertiary/aromatic N) is 1. The Labute approximate surface area is 127 Å². The van der Waals surface area contributed by atoms with E-state index in [9.17, 15) is 9.59 Å². The van der Waals surface area contributed by atoms with E-state index in [0.717, 1.165) is 19.1 Å². The van der Waals surface area contributed by atoms with Gasteiger partial charge in [-0.05, 0) is 39.2 Å². The van der Waals surface area contributed by atoms with Gasteiger partial charge in [-0.1, -0.05) is 30.3 Å². The van der Waals surface area contributed by atoms with Crippen molar-refractivity contribution in [1.82, 2.24) is 4.90 Å². The van der Waals surface area contributed by atoms with E-state index in [1.807, 2.05) is 39.0 Å². The lowest BCUT2D eigenvalue weighted by molar-refractivity contribution is -0.108. The van der Waals surface area contributed by atoms with Gasteiger partial charge in [-0.3, -0.25) is 0 Å². The Morgan fingerprint density at radius 2 is 1.86 bits per heavy atom. The van der Waals surface area contributed by atoms with E-state index in [-0.39, 0.29) is 6.09 Å². The number of amides is 1. The van der Waals surface area contributed by atoms with E-state index >= 15 is 0 Å². The molecule has 0 fully saturated rings. The third-order valence-electron chi connectivity index (χ3n) is 2.90. The fourth-order valence-electron chi connectivity index (χ4n) is 1.95. The minimum absolute atomic E-state index is 0.338. The van der Waals surface area contributed by atoms with E-state index in [4.69, 9.17) is 4.74 Å². The van der Waals surface area contributed by atoms with Crippen LogP contribution in [0.25, 0.3) is 0 Å². The Bertz CT molecular complexity index is 437. The molecule has 1 aromatic rings. The fourth-order valence-corrected chi connectivity index (χ4v) is 1.95. The average Bonchev–Trinajstić information content (AvgIpc) is 2.41. The van der Waals surface area contributed by atoms with Crippen LogP contribution < -0.4 is 0 Å². The van der Waals surface area contributed by atoms with E-state index in [1.54, 1.807) is 4.90 Å². The molecule has 0 saturated carbocycles. The first-order chi connectivity index (χ1) is 9.92. The first kappa shape index (κ1) is 17.2. The summed E-state index contributed by atoms with van der Waals surface area (Å²) in [6.07, 6.45) is 2.57. The van der Waals surface area contributed by atoms with Crippen molar-refractivity contribution in [3.63, 3.8) is 0 Å². The molecule has 4 nitrogen and oxygen atoms in total. The Morgan fingerprint density at radius 1 is 1.19 bits per heavy atom. The molecule has 0 aliphatic carbocycles. The standard InChI is InChI=1S/C17H25NO3/c1-17(2,3)21-16(20)18(13-8-14-19)12-7-11-15-9-5-4-6-10-15/h4-6,9-10,14H,7-8,11-13H2,1-3H3. The molecule has 1 aromatic carbocycles. The lowest BCUT2D eigenvalue weighted by Gasteiger charge is -2.27. The van der Waals surface area contributed by atoms with Gasteiger partial charge in [-0.2, -0.15) is 0 Å². The monoisotopic (exact) mass is 291 g/mol. The molecule has 0 spiro atoms. The second kappa shape index (κ2) is 8.45. The molecule has 1 rings (SSSR count). The molecule has 0 aliphatic heterocycles. The van der Waals surface area contributed by atoms with Crippen LogP contribution in [0.5, 0.6) is 0 Å². The predicted octanol–water partition coefficient (Wildman–Crippen LogP) is 3.45. The maximum Gasteiger partial charge on any atom is 0.410 e. The molecule has 0 saturated heterocycles. The number of aldehydes is 1. The topological polar surface area (TPSA) is 46.6 Å². The van der Waals surface area contributed by atoms with E-state index in [2.05, 4.69) is 12.1 Å². The van der Waals surface area contributed by atoms with Crippen molar-refractivity contribution in [2.45, 2.75) is 45.6 Å². The molecule has 0 unspecified atom stereocenters. The highest BCUT2D eigenvalue weighted by Gasteiger charge is 2.21. The lowest BCUT2D eigenvalue weighted by Crippen LogP contribution is -2.38. The van der Waals surface area contributed by atoms with Crippen LogP contribution in [0.1, 0.15) is 39.2 Å². The van der Waals surface area contributed by atoms with Gasteiger partial charge in [0, 0.05) is 19.5 Å². The minimum Gasteiger partial charge on any atom is -0.444 e. The molecule has 0 aromatic heterocycles. The van der Waals surface area contributed by atoms with Crippen LogP contribution in [-0.2, 0) is 16.0 Å². The fraction of sp³-hybridized carbons (Fsp3) is 0.529. The predicted molar refractivity (Wildman–Crippen MR) is 83.3 cm³/mol. The Morgan fingerprint density at radius 3 is 2.43 bits per heavy atom. The Kier molecular flexibility index (Phi) is 6.92. The summed E-state index contributed by atoms with van der Waals surface area (Å²) in [4.78, 5) is 24.2. The molecule has 0 radical (unpaired) electrons. The van der Waals surface area contributed by atoms with Gasteiger partial charge in [0.15, 0.2) is 0 Å². The van der Waals surface area contributed by atoms with E-state index in [0.29, 0.717) is 19.5 Å². The molecule has 0 N–H and O–H groups in total. The number of carbonyl (C=O) groups is 2. The summed E-state index contributed by atoms with van der Waals surface area (Å²) in [6.45, 7) is 6.52. The van der Waals surface area contributed by atoms with Gasteiger partial charge in [-0.15, -0.1) is 0 Å². The molecule has 0 heterocycles. The number of benzene rings is 1. The van der Waals surface area contributed by atoms with Crippen LogP contribution in [0.2, 0.25) is 0 Å². The number of ether oxygens (including phenoxy) is 1. The van der Waals surface area contributed by atoms with Gasteiger partial charge in [0.2, 0.25) is 0 Å². The van der Waals surface area contributed by atoms with Crippen molar-refractivity contribution in [2.24, 2.45) is 0 Å². The third-order valence-corrected chi connectivity index (χ3v) is 2.90. The summed E-state index contributed by atoms with van der Waals surface area (Å²) in [7, 11) is 0. The molecule has 0 atom stereocenters. The zero-order valence-electron chi connectivity index (χ0n) is 13.2. The van der Waals surface area contributed by atoms with Gasteiger partial charge >= 0.3 is 6.09 Å². The van der Waals surface area contributed by atoms with Crippen LogP contribution in [0.15, 0.2) is 30.3 Å². The number of hydrogen-bond donors (Lipinski definition) is 0. The molecule has 116 valence electrons. The average molecular weight is 291 g/mol. The maximum absolute atomic E-state index is 12.1. The van der Waals surface area contributed by atoms with Gasteiger partial charge < -0.3 is 14.4 Å². The summed E-state index contributed by atoms with van der Waals surface area (Å²) >= 11 is 0. The van der Waals surface area contributed by atoms with Crippen LogP contribution >= 0.6 is 0 Å². The number of aryl methyl sites for hydroxylation is 1. The summed E-state index contributed by atoms with van der Waals surface area (Å²) in [6, 6.07) is 10.1. The van der Waals surface area contributed by atoms with Crippen LogP contribution in [0, 0.1) is 0 Å². The van der Waals surface area contributed by atoms with Gasteiger partial charge in [0.1, 0.15) is 11.9 Å². The van der Waals surface area contributed by atoms with Crippen molar-refractivity contribution in [3.05, 3.63) is 35.9 Å². The second-order valence-corrected chi connectivity index (χ2v) is 6.01. The number of rotatable bonds is 7. The molecular formula is C17H25NO3. The zero-order chi connectivity index (χ0) is 15.7.